The van der Waals surface area contributed by atoms with Crippen LogP contribution >= 0.6 is 0 Å². The molecule has 0 aliphatic carbocycles. The summed E-state index contributed by atoms with van der Waals surface area (Å²) in [4.78, 5) is 11.2. The molecule has 0 saturated carbocycles. The summed E-state index contributed by atoms with van der Waals surface area (Å²) in [6.07, 6.45) is 10.1. The molecule has 0 aliphatic heterocycles. The first-order valence-electron chi connectivity index (χ1n) is 13.4. The van der Waals surface area contributed by atoms with E-state index >= 15 is 0 Å². The molecule has 202 valence electrons. The third-order valence-corrected chi connectivity index (χ3v) is 2.51. The van der Waals surface area contributed by atoms with Crippen molar-refractivity contribution in [2.24, 2.45) is 11.8 Å². The quantitative estimate of drug-likeness (QED) is 0.344. The normalized spacial score (nSPS) is 7.91. The van der Waals surface area contributed by atoms with Crippen molar-refractivity contribution >= 4 is 0 Å². The topological polar surface area (TPSA) is 38.7 Å². The van der Waals surface area contributed by atoms with Gasteiger partial charge in [-0.3, -0.25) is 15.0 Å². The van der Waals surface area contributed by atoms with Crippen LogP contribution in [0, 0.1) is 11.8 Å². The fraction of sp³-hybridized carbons (Fsp3) is 0.531. The summed E-state index contributed by atoms with van der Waals surface area (Å²) in [5.41, 5.74) is 1.41. The summed E-state index contributed by atoms with van der Waals surface area (Å²) >= 11 is 0. The Balaban J connectivity index is -0.000000104. The summed E-state index contributed by atoms with van der Waals surface area (Å²) in [6.45, 7) is 29.4. The van der Waals surface area contributed by atoms with Gasteiger partial charge < -0.3 is 0 Å². The first kappa shape index (κ1) is 42.6. The molecule has 0 spiro atoms. The second kappa shape index (κ2) is 41.7. The predicted molar refractivity (Wildman–Crippen MR) is 162 cm³/mol. The molecule has 0 unspecified atom stereocenters. The standard InChI is InChI=1S/C9H12.C5H5N.C4H4N2.2C4H10.3C2H6/c1-8(2)9-6-4-3-5-7-9;1-2-4-6-5-3-1;1-2-6-4-3-5-1;2*1-4(2)3;3*1-2/h3-8H,1-2H3;1-5H;1-4H;2*4H,1-3H3;3*1-2H3. The summed E-state index contributed by atoms with van der Waals surface area (Å²) in [5.74, 6) is 2.33. The maximum Gasteiger partial charge on any atom is 0.0451 e. The van der Waals surface area contributed by atoms with Crippen LogP contribution in [0.3, 0.4) is 0 Å². The molecule has 0 amide bonds. The van der Waals surface area contributed by atoms with Crippen molar-refractivity contribution in [2.75, 3.05) is 0 Å². The van der Waals surface area contributed by atoms with E-state index in [1.54, 1.807) is 37.2 Å². The first-order valence-corrected chi connectivity index (χ1v) is 13.4. The Hall–Kier alpha value is -2.55. The zero-order valence-corrected chi connectivity index (χ0v) is 25.7. The highest BCUT2D eigenvalue weighted by Crippen LogP contribution is 2.11. The minimum atomic E-state index is 0.659. The van der Waals surface area contributed by atoms with E-state index in [1.165, 1.54) is 5.56 Å². The predicted octanol–water partition coefficient (Wildman–Crippen LogP) is 10.8. The summed E-state index contributed by atoms with van der Waals surface area (Å²) in [7, 11) is 0. The van der Waals surface area contributed by atoms with Crippen molar-refractivity contribution in [3.8, 4) is 0 Å². The van der Waals surface area contributed by atoms with E-state index in [0.29, 0.717) is 5.92 Å². The van der Waals surface area contributed by atoms with Crippen molar-refractivity contribution in [1.82, 2.24) is 15.0 Å². The second-order valence-corrected chi connectivity index (χ2v) is 7.95. The number of nitrogens with zero attached hydrogens (tertiary/aromatic N) is 3. The second-order valence-electron chi connectivity index (χ2n) is 7.95. The molecule has 0 saturated heterocycles. The van der Waals surface area contributed by atoms with Gasteiger partial charge in [0.1, 0.15) is 0 Å². The minimum absolute atomic E-state index is 0.659. The van der Waals surface area contributed by atoms with Gasteiger partial charge in [0.25, 0.3) is 0 Å². The first-order chi connectivity index (χ1) is 16.8. The summed E-state index contributed by atoms with van der Waals surface area (Å²) < 4.78 is 0. The van der Waals surface area contributed by atoms with E-state index in [-0.39, 0.29) is 0 Å². The number of benzene rings is 1. The molecular weight excluding hydrogens is 426 g/mol. The van der Waals surface area contributed by atoms with Crippen LogP contribution in [-0.2, 0) is 0 Å². The van der Waals surface area contributed by atoms with Gasteiger partial charge in [-0.1, -0.05) is 133 Å². The van der Waals surface area contributed by atoms with Gasteiger partial charge in [-0.05, 0) is 35.4 Å². The smallest absolute Gasteiger partial charge is 0.0451 e. The molecule has 0 fully saturated rings. The van der Waals surface area contributed by atoms with Gasteiger partial charge in [0.05, 0.1) is 0 Å². The lowest BCUT2D eigenvalue weighted by Crippen LogP contribution is -1.83. The van der Waals surface area contributed by atoms with Gasteiger partial charge in [0, 0.05) is 37.2 Å². The molecule has 0 radical (unpaired) electrons. The third-order valence-electron chi connectivity index (χ3n) is 2.51. The number of hydrogen-bond acceptors (Lipinski definition) is 3. The highest BCUT2D eigenvalue weighted by molar-refractivity contribution is 5.17. The van der Waals surface area contributed by atoms with Gasteiger partial charge in [-0.25, -0.2) is 0 Å². The van der Waals surface area contributed by atoms with E-state index in [4.69, 9.17) is 0 Å². The Morgan fingerprint density at radius 3 is 0.800 bits per heavy atom. The molecule has 35 heavy (non-hydrogen) atoms. The Morgan fingerprint density at radius 1 is 0.400 bits per heavy atom. The number of aromatic nitrogens is 3. The lowest BCUT2D eigenvalue weighted by atomic mass is 10.0. The van der Waals surface area contributed by atoms with Crippen molar-refractivity contribution in [3.05, 3.63) is 91.3 Å². The van der Waals surface area contributed by atoms with Gasteiger partial charge in [0.2, 0.25) is 0 Å². The molecule has 3 heteroatoms. The fourth-order valence-corrected chi connectivity index (χ4v) is 1.40. The van der Waals surface area contributed by atoms with Crippen molar-refractivity contribution in [1.29, 1.82) is 0 Å². The summed E-state index contributed by atoms with van der Waals surface area (Å²) in [5, 5.41) is 0. The fourth-order valence-electron chi connectivity index (χ4n) is 1.40. The Kier molecular flexibility index (Phi) is 50.7. The monoisotopic (exact) mass is 485 g/mol. The molecule has 3 nitrogen and oxygen atoms in total. The van der Waals surface area contributed by atoms with Crippen molar-refractivity contribution in [3.63, 3.8) is 0 Å². The van der Waals surface area contributed by atoms with Gasteiger partial charge >= 0.3 is 0 Å². The molecule has 0 aliphatic rings. The number of hydrogen-bond donors (Lipinski definition) is 0. The third kappa shape index (κ3) is 59.3. The molecule has 1 aromatic carbocycles. The highest BCUT2D eigenvalue weighted by atomic mass is 14.7. The van der Waals surface area contributed by atoms with Crippen LogP contribution < -0.4 is 0 Å². The molecular formula is C32H59N3. The maximum absolute atomic E-state index is 3.78. The molecule has 2 heterocycles. The van der Waals surface area contributed by atoms with Crippen LogP contribution in [-0.4, -0.2) is 15.0 Å². The average Bonchev–Trinajstić information content (AvgIpc) is 2.90. The molecule has 3 aromatic rings. The number of rotatable bonds is 1. The molecule has 3 rings (SSSR count). The van der Waals surface area contributed by atoms with E-state index in [9.17, 15) is 0 Å². The summed E-state index contributed by atoms with van der Waals surface area (Å²) in [6, 6.07) is 16.2. The van der Waals surface area contributed by atoms with Gasteiger partial charge in [0.15, 0.2) is 0 Å². The van der Waals surface area contributed by atoms with E-state index in [0.717, 1.165) is 11.8 Å². The molecule has 0 bridgehead atoms. The van der Waals surface area contributed by atoms with Crippen LogP contribution in [0.4, 0.5) is 0 Å². The van der Waals surface area contributed by atoms with Crippen LogP contribution in [0.25, 0.3) is 0 Å². The van der Waals surface area contributed by atoms with Gasteiger partial charge in [-0.2, -0.15) is 0 Å². The van der Waals surface area contributed by atoms with E-state index in [1.807, 2.05) is 65.8 Å². The Morgan fingerprint density at radius 2 is 0.657 bits per heavy atom. The Bertz CT molecular complexity index is 528. The van der Waals surface area contributed by atoms with Crippen molar-refractivity contribution < 1.29 is 0 Å². The molecule has 2 aromatic heterocycles. The van der Waals surface area contributed by atoms with Crippen LogP contribution in [0.1, 0.15) is 108 Å². The lowest BCUT2D eigenvalue weighted by Gasteiger charge is -2.01. The zero-order chi connectivity index (χ0) is 28.3. The number of pyridine rings is 1. The SMILES string of the molecule is CC.CC.CC.CC(C)C.CC(C)C.CC(C)c1ccccc1.c1ccncc1.c1cnccn1. The van der Waals surface area contributed by atoms with Crippen LogP contribution in [0.15, 0.2) is 85.7 Å². The highest BCUT2D eigenvalue weighted by Gasteiger charge is 1.93. The minimum Gasteiger partial charge on any atom is -0.265 e. The van der Waals surface area contributed by atoms with E-state index < -0.39 is 0 Å². The van der Waals surface area contributed by atoms with Crippen molar-refractivity contribution in [2.45, 2.75) is 103 Å². The largest absolute Gasteiger partial charge is 0.265 e. The molecule has 0 N–H and O–H groups in total. The van der Waals surface area contributed by atoms with Gasteiger partial charge in [-0.15, -0.1) is 0 Å². The average molecular weight is 486 g/mol. The Labute approximate surface area is 220 Å². The lowest BCUT2D eigenvalue weighted by molar-refractivity contribution is 0.736. The zero-order valence-electron chi connectivity index (χ0n) is 25.7. The van der Waals surface area contributed by atoms with E-state index in [2.05, 4.69) is 94.6 Å². The maximum atomic E-state index is 3.78. The molecule has 0 atom stereocenters. The van der Waals surface area contributed by atoms with Crippen LogP contribution in [0.5, 0.6) is 0 Å². The van der Waals surface area contributed by atoms with Crippen LogP contribution in [0.2, 0.25) is 0 Å².